The van der Waals surface area contributed by atoms with Gasteiger partial charge in [-0.3, -0.25) is 0 Å². The molecule has 0 bridgehead atoms. The maximum absolute atomic E-state index is 2.62. The van der Waals surface area contributed by atoms with Gasteiger partial charge in [0.2, 0.25) is 0 Å². The predicted octanol–water partition coefficient (Wildman–Crippen LogP) is 4.32. The van der Waals surface area contributed by atoms with Crippen LogP contribution in [0.2, 0.25) is 0 Å². The summed E-state index contributed by atoms with van der Waals surface area (Å²) in [5.74, 6) is 0.927. The SMILES string of the molecule is CCCN(CCC)CCCCC(C)CC. The van der Waals surface area contributed by atoms with Crippen molar-refractivity contribution in [1.29, 1.82) is 0 Å². The van der Waals surface area contributed by atoms with Crippen LogP contribution in [0.25, 0.3) is 0 Å². The molecule has 0 amide bonds. The van der Waals surface area contributed by atoms with Crippen molar-refractivity contribution in [3.05, 3.63) is 0 Å². The van der Waals surface area contributed by atoms with Gasteiger partial charge in [0, 0.05) is 0 Å². The highest BCUT2D eigenvalue weighted by Gasteiger charge is 2.03. The van der Waals surface area contributed by atoms with Gasteiger partial charge in [0.1, 0.15) is 0 Å². The average molecular weight is 213 g/mol. The molecule has 0 aliphatic heterocycles. The minimum Gasteiger partial charge on any atom is -0.303 e. The summed E-state index contributed by atoms with van der Waals surface area (Å²) in [5.41, 5.74) is 0. The summed E-state index contributed by atoms with van der Waals surface area (Å²) in [7, 11) is 0. The third kappa shape index (κ3) is 8.92. The molecular weight excluding hydrogens is 182 g/mol. The Morgan fingerprint density at radius 3 is 1.93 bits per heavy atom. The summed E-state index contributed by atoms with van der Waals surface area (Å²) in [6.45, 7) is 13.1. The average Bonchev–Trinajstić information content (AvgIpc) is 2.24. The smallest absolute Gasteiger partial charge is 0.00187 e. The number of hydrogen-bond donors (Lipinski definition) is 0. The van der Waals surface area contributed by atoms with E-state index in [1.165, 1.54) is 58.2 Å². The van der Waals surface area contributed by atoms with E-state index in [-0.39, 0.29) is 0 Å². The molecule has 0 aromatic rings. The van der Waals surface area contributed by atoms with Crippen molar-refractivity contribution >= 4 is 0 Å². The van der Waals surface area contributed by atoms with E-state index in [9.17, 15) is 0 Å². The maximum atomic E-state index is 2.62. The zero-order valence-corrected chi connectivity index (χ0v) is 11.4. The number of hydrogen-bond acceptors (Lipinski definition) is 1. The van der Waals surface area contributed by atoms with Crippen molar-refractivity contribution in [2.24, 2.45) is 5.92 Å². The highest BCUT2D eigenvalue weighted by Crippen LogP contribution is 2.11. The Labute approximate surface area is 97.2 Å². The second-order valence-corrected chi connectivity index (χ2v) is 4.85. The van der Waals surface area contributed by atoms with Gasteiger partial charge in [-0.15, -0.1) is 0 Å². The van der Waals surface area contributed by atoms with Crippen LogP contribution in [0, 0.1) is 5.92 Å². The van der Waals surface area contributed by atoms with Crippen molar-refractivity contribution in [3.8, 4) is 0 Å². The topological polar surface area (TPSA) is 3.24 Å². The Morgan fingerprint density at radius 2 is 1.47 bits per heavy atom. The summed E-state index contributed by atoms with van der Waals surface area (Å²) >= 11 is 0. The van der Waals surface area contributed by atoms with Crippen LogP contribution in [0.15, 0.2) is 0 Å². The fraction of sp³-hybridized carbons (Fsp3) is 1.00. The molecule has 0 radical (unpaired) electrons. The van der Waals surface area contributed by atoms with Gasteiger partial charge in [-0.25, -0.2) is 0 Å². The van der Waals surface area contributed by atoms with Crippen LogP contribution in [-0.2, 0) is 0 Å². The molecule has 1 unspecified atom stereocenters. The molecule has 1 atom stereocenters. The van der Waals surface area contributed by atoms with Crippen LogP contribution < -0.4 is 0 Å². The molecule has 0 fully saturated rings. The maximum Gasteiger partial charge on any atom is -0.00187 e. The molecule has 0 aromatic heterocycles. The third-order valence-electron chi connectivity index (χ3n) is 3.20. The zero-order chi connectivity index (χ0) is 11.5. The van der Waals surface area contributed by atoms with Gasteiger partial charge in [0.25, 0.3) is 0 Å². The molecule has 1 nitrogen and oxygen atoms in total. The lowest BCUT2D eigenvalue weighted by Gasteiger charge is -2.21. The molecule has 0 spiro atoms. The highest BCUT2D eigenvalue weighted by atomic mass is 15.1. The van der Waals surface area contributed by atoms with Crippen LogP contribution >= 0.6 is 0 Å². The first-order valence-electron chi connectivity index (χ1n) is 6.96. The molecular formula is C14H31N. The summed E-state index contributed by atoms with van der Waals surface area (Å²) in [6.07, 6.45) is 8.16. The molecule has 0 heterocycles. The molecule has 0 rings (SSSR count). The summed E-state index contributed by atoms with van der Waals surface area (Å²) < 4.78 is 0. The van der Waals surface area contributed by atoms with Crippen LogP contribution in [0.4, 0.5) is 0 Å². The molecule has 1 heteroatoms. The van der Waals surface area contributed by atoms with E-state index in [1.807, 2.05) is 0 Å². The third-order valence-corrected chi connectivity index (χ3v) is 3.20. The molecule has 0 N–H and O–H groups in total. The Bertz CT molecular complexity index is 117. The van der Waals surface area contributed by atoms with Gasteiger partial charge in [-0.05, 0) is 44.8 Å². The Balaban J connectivity index is 3.43. The summed E-state index contributed by atoms with van der Waals surface area (Å²) in [6, 6.07) is 0. The van der Waals surface area contributed by atoms with Crippen molar-refractivity contribution < 1.29 is 0 Å². The minimum absolute atomic E-state index is 0.927. The predicted molar refractivity (Wildman–Crippen MR) is 70.3 cm³/mol. The lowest BCUT2D eigenvalue weighted by Crippen LogP contribution is -2.26. The van der Waals surface area contributed by atoms with Gasteiger partial charge in [-0.1, -0.05) is 47.0 Å². The highest BCUT2D eigenvalue weighted by molar-refractivity contribution is 4.58. The van der Waals surface area contributed by atoms with Gasteiger partial charge >= 0.3 is 0 Å². The first-order chi connectivity index (χ1) is 7.24. The van der Waals surface area contributed by atoms with E-state index in [0.717, 1.165) is 5.92 Å². The van der Waals surface area contributed by atoms with Gasteiger partial charge in [0.15, 0.2) is 0 Å². The first-order valence-corrected chi connectivity index (χ1v) is 6.96. The molecule has 0 aliphatic rings. The fourth-order valence-electron chi connectivity index (χ4n) is 2.00. The Hall–Kier alpha value is -0.0400. The van der Waals surface area contributed by atoms with Crippen LogP contribution in [0.1, 0.15) is 66.2 Å². The second-order valence-electron chi connectivity index (χ2n) is 4.85. The standard InChI is InChI=1S/C14H31N/c1-5-11-15(12-6-2)13-9-8-10-14(4)7-3/h14H,5-13H2,1-4H3. The number of rotatable bonds is 10. The van der Waals surface area contributed by atoms with Crippen LogP contribution in [-0.4, -0.2) is 24.5 Å². The van der Waals surface area contributed by atoms with Crippen LogP contribution in [0.3, 0.4) is 0 Å². The largest absolute Gasteiger partial charge is 0.303 e. The molecule has 15 heavy (non-hydrogen) atoms. The van der Waals surface area contributed by atoms with Gasteiger partial charge < -0.3 is 4.90 Å². The van der Waals surface area contributed by atoms with Crippen molar-refractivity contribution in [2.75, 3.05) is 19.6 Å². The quantitative estimate of drug-likeness (QED) is 0.488. The van der Waals surface area contributed by atoms with E-state index >= 15 is 0 Å². The zero-order valence-electron chi connectivity index (χ0n) is 11.4. The lowest BCUT2D eigenvalue weighted by atomic mass is 10.0. The second kappa shape index (κ2) is 10.5. The monoisotopic (exact) mass is 213 g/mol. The van der Waals surface area contributed by atoms with Crippen molar-refractivity contribution in [1.82, 2.24) is 4.90 Å². The normalized spacial score (nSPS) is 13.4. The first kappa shape index (κ1) is 15.0. The van der Waals surface area contributed by atoms with E-state index in [1.54, 1.807) is 0 Å². The Morgan fingerprint density at radius 1 is 0.867 bits per heavy atom. The van der Waals surface area contributed by atoms with Crippen molar-refractivity contribution in [2.45, 2.75) is 66.2 Å². The summed E-state index contributed by atoms with van der Waals surface area (Å²) in [5, 5.41) is 0. The number of unbranched alkanes of at least 4 members (excludes halogenated alkanes) is 1. The van der Waals surface area contributed by atoms with E-state index < -0.39 is 0 Å². The van der Waals surface area contributed by atoms with E-state index in [4.69, 9.17) is 0 Å². The molecule has 92 valence electrons. The molecule has 0 saturated heterocycles. The molecule has 0 saturated carbocycles. The fourth-order valence-corrected chi connectivity index (χ4v) is 2.00. The van der Waals surface area contributed by atoms with Crippen LogP contribution in [0.5, 0.6) is 0 Å². The molecule has 0 aliphatic carbocycles. The molecule has 0 aromatic carbocycles. The number of nitrogens with zero attached hydrogens (tertiary/aromatic N) is 1. The summed E-state index contributed by atoms with van der Waals surface area (Å²) in [4.78, 5) is 2.62. The van der Waals surface area contributed by atoms with E-state index in [0.29, 0.717) is 0 Å². The van der Waals surface area contributed by atoms with Gasteiger partial charge in [-0.2, -0.15) is 0 Å². The lowest BCUT2D eigenvalue weighted by molar-refractivity contribution is 0.265. The van der Waals surface area contributed by atoms with E-state index in [2.05, 4.69) is 32.6 Å². The van der Waals surface area contributed by atoms with Gasteiger partial charge in [0.05, 0.1) is 0 Å². The minimum atomic E-state index is 0.927. The van der Waals surface area contributed by atoms with Crippen molar-refractivity contribution in [3.63, 3.8) is 0 Å². The Kier molecular flexibility index (Phi) is 10.4.